The lowest BCUT2D eigenvalue weighted by Gasteiger charge is -1.98. The van der Waals surface area contributed by atoms with Crippen molar-refractivity contribution >= 4 is 15.0 Å². The molecule has 0 rings (SSSR count). The molecular weight excluding hydrogens is 108 g/mol. The Morgan fingerprint density at radius 2 is 2.14 bits per heavy atom. The summed E-state index contributed by atoms with van der Waals surface area (Å²) in [5.41, 5.74) is 4.77. The first-order valence-electron chi connectivity index (χ1n) is 1.99. The van der Waals surface area contributed by atoms with Crippen LogP contribution in [0.4, 0.5) is 4.79 Å². The van der Waals surface area contributed by atoms with Crippen molar-refractivity contribution in [2.24, 2.45) is 5.73 Å². The highest BCUT2D eigenvalue weighted by atomic mass is 28.3. The quantitative estimate of drug-likeness (QED) is 0.463. The Morgan fingerprint density at radius 1 is 1.71 bits per heavy atom. The topological polar surface area (TPSA) is 55.1 Å². The first-order valence-corrected chi connectivity index (χ1v) is 4.49. The lowest BCUT2D eigenvalue weighted by Crippen LogP contribution is -2.37. The molecule has 0 aliphatic heterocycles. The predicted octanol–water partition coefficient (Wildman–Crippen LogP) is -0.0942. The summed E-state index contributed by atoms with van der Waals surface area (Å²) in [5, 5.41) is 0. The number of carbonyl (C=O) groups excluding carboxylic acids is 1. The fourth-order valence-electron chi connectivity index (χ4n) is 0.246. The molecule has 7 heavy (non-hydrogen) atoms. The summed E-state index contributed by atoms with van der Waals surface area (Å²) in [6.07, 6.45) is 0. The zero-order chi connectivity index (χ0) is 5.86. The number of hydrogen-bond donors (Lipinski definition) is 2. The highest BCUT2D eigenvalue weighted by Crippen LogP contribution is 1.67. The van der Waals surface area contributed by atoms with Crippen LogP contribution in [0, 0.1) is 0 Å². The molecule has 1 radical (unpaired) electrons. The number of hydrogen-bond acceptors (Lipinski definition) is 1. The molecule has 0 unspecified atom stereocenters. The Morgan fingerprint density at radius 3 is 2.14 bits per heavy atom. The molecule has 41 valence electrons. The van der Waals surface area contributed by atoms with E-state index in [1.165, 1.54) is 0 Å². The van der Waals surface area contributed by atoms with Gasteiger partial charge in [0.15, 0.2) is 8.96 Å². The molecule has 0 atom stereocenters. The van der Waals surface area contributed by atoms with Gasteiger partial charge < -0.3 is 10.7 Å². The van der Waals surface area contributed by atoms with Gasteiger partial charge in [0, 0.05) is 0 Å². The normalized spacial score (nSPS) is 9.00. The van der Waals surface area contributed by atoms with E-state index < -0.39 is 15.0 Å². The maximum atomic E-state index is 9.95. The molecule has 0 aliphatic carbocycles. The van der Waals surface area contributed by atoms with Crippen LogP contribution >= 0.6 is 0 Å². The monoisotopic (exact) mass is 117 g/mol. The van der Waals surface area contributed by atoms with E-state index in [0.717, 1.165) is 0 Å². The molecule has 0 aromatic rings. The fourth-order valence-corrected chi connectivity index (χ4v) is 0.739. The zero-order valence-corrected chi connectivity index (χ0v) is 5.49. The molecule has 4 heteroatoms. The van der Waals surface area contributed by atoms with E-state index in [4.69, 9.17) is 5.73 Å². The van der Waals surface area contributed by atoms with Crippen LogP contribution in [0.15, 0.2) is 0 Å². The predicted molar refractivity (Wildman–Crippen MR) is 30.2 cm³/mol. The second-order valence-corrected chi connectivity index (χ2v) is 3.74. The lowest BCUT2D eigenvalue weighted by molar-refractivity contribution is 0.253. The summed E-state index contributed by atoms with van der Waals surface area (Å²) in [7, 11) is -0.659. The van der Waals surface area contributed by atoms with E-state index in [1.807, 2.05) is 13.1 Å². The number of amides is 2. The van der Waals surface area contributed by atoms with Crippen LogP contribution in [0.3, 0.4) is 0 Å². The minimum Gasteiger partial charge on any atom is -0.365 e. The highest BCUT2D eigenvalue weighted by molar-refractivity contribution is 6.55. The Bertz CT molecular complexity index is 73.3. The highest BCUT2D eigenvalue weighted by Gasteiger charge is 1.95. The molecule has 3 nitrogen and oxygen atoms in total. The van der Waals surface area contributed by atoms with E-state index in [2.05, 4.69) is 4.98 Å². The second-order valence-electron chi connectivity index (χ2n) is 1.49. The van der Waals surface area contributed by atoms with Gasteiger partial charge in [-0.05, 0) is 0 Å². The average molecular weight is 117 g/mol. The van der Waals surface area contributed by atoms with Crippen molar-refractivity contribution < 1.29 is 4.79 Å². The molecule has 0 bridgehead atoms. The van der Waals surface area contributed by atoms with E-state index in [1.54, 1.807) is 0 Å². The van der Waals surface area contributed by atoms with Crippen LogP contribution in [-0.4, -0.2) is 15.0 Å². The molecule has 0 aromatic carbocycles. The van der Waals surface area contributed by atoms with Gasteiger partial charge in [-0.1, -0.05) is 13.1 Å². The van der Waals surface area contributed by atoms with Gasteiger partial charge in [0.25, 0.3) is 0 Å². The largest absolute Gasteiger partial charge is 0.365 e. The summed E-state index contributed by atoms with van der Waals surface area (Å²) in [6, 6.07) is -0.418. The van der Waals surface area contributed by atoms with Crippen molar-refractivity contribution in [2.45, 2.75) is 13.1 Å². The summed E-state index contributed by atoms with van der Waals surface area (Å²) in [4.78, 5) is 12.5. The van der Waals surface area contributed by atoms with Gasteiger partial charge in [0.1, 0.15) is 0 Å². The summed E-state index contributed by atoms with van der Waals surface area (Å²) < 4.78 is 0. The number of nitrogens with two attached hydrogens (primary N) is 1. The number of nitrogens with one attached hydrogen (secondary N) is 1. The van der Waals surface area contributed by atoms with Crippen LogP contribution in [-0.2, 0) is 0 Å². The first-order chi connectivity index (χ1) is 3.13. The van der Waals surface area contributed by atoms with Crippen molar-refractivity contribution in [3.8, 4) is 0 Å². The smallest absolute Gasteiger partial charge is 0.304 e. The van der Waals surface area contributed by atoms with Gasteiger partial charge in [-0.15, -0.1) is 0 Å². The number of rotatable bonds is 1. The van der Waals surface area contributed by atoms with Crippen LogP contribution in [0.5, 0.6) is 0 Å². The summed E-state index contributed by atoms with van der Waals surface area (Å²) >= 11 is 0. The van der Waals surface area contributed by atoms with Crippen molar-refractivity contribution in [3.05, 3.63) is 0 Å². The number of primary amides is 1. The Hall–Kier alpha value is -0.513. The molecular formula is C3H9N2OSi. The fraction of sp³-hybridized carbons (Fsp3) is 0.667. The van der Waals surface area contributed by atoms with E-state index >= 15 is 0 Å². The van der Waals surface area contributed by atoms with Crippen molar-refractivity contribution in [1.29, 1.82) is 0 Å². The SMILES string of the molecule is C[Si](C)NC(N)=O. The molecule has 0 saturated heterocycles. The van der Waals surface area contributed by atoms with Crippen LogP contribution in [0.25, 0.3) is 0 Å². The van der Waals surface area contributed by atoms with Crippen LogP contribution < -0.4 is 10.7 Å². The van der Waals surface area contributed by atoms with Crippen molar-refractivity contribution in [3.63, 3.8) is 0 Å². The minimum absolute atomic E-state index is 0.418. The third-order valence-corrected chi connectivity index (χ3v) is 1.12. The molecule has 0 spiro atoms. The van der Waals surface area contributed by atoms with Crippen molar-refractivity contribution in [2.75, 3.05) is 0 Å². The third-order valence-electron chi connectivity index (χ3n) is 0.373. The molecule has 0 saturated carbocycles. The first kappa shape index (κ1) is 6.49. The van der Waals surface area contributed by atoms with Crippen LogP contribution in [0.1, 0.15) is 0 Å². The Labute approximate surface area is 44.6 Å². The van der Waals surface area contributed by atoms with Gasteiger partial charge >= 0.3 is 6.03 Å². The third kappa shape index (κ3) is 5.49. The van der Waals surface area contributed by atoms with Crippen molar-refractivity contribution in [1.82, 2.24) is 4.98 Å². The molecule has 2 amide bonds. The maximum absolute atomic E-state index is 9.95. The number of urea groups is 1. The Kier molecular flexibility index (Phi) is 2.43. The molecule has 3 N–H and O–H groups in total. The summed E-state index contributed by atoms with van der Waals surface area (Å²) in [5.74, 6) is 0. The van der Waals surface area contributed by atoms with Gasteiger partial charge in [-0.2, -0.15) is 0 Å². The molecule has 0 aromatic heterocycles. The van der Waals surface area contributed by atoms with Gasteiger partial charge in [-0.3, -0.25) is 4.79 Å². The van der Waals surface area contributed by atoms with Gasteiger partial charge in [-0.25, -0.2) is 0 Å². The average Bonchev–Trinajstić information content (AvgIpc) is 1.27. The maximum Gasteiger partial charge on any atom is 0.304 e. The summed E-state index contributed by atoms with van der Waals surface area (Å²) in [6.45, 7) is 3.91. The molecule has 0 fully saturated rings. The standard InChI is InChI=1S/C3H9N2OSi/c1-7(2)5-3(4)6/h1-2H3,(H3,4,5,6). The second kappa shape index (κ2) is 2.63. The minimum atomic E-state index is -0.659. The Balaban J connectivity index is 3.13. The van der Waals surface area contributed by atoms with Gasteiger partial charge in [0.2, 0.25) is 0 Å². The van der Waals surface area contributed by atoms with Gasteiger partial charge in [0.05, 0.1) is 0 Å². The molecule has 0 heterocycles. The van der Waals surface area contributed by atoms with E-state index in [9.17, 15) is 4.79 Å². The van der Waals surface area contributed by atoms with E-state index in [0.29, 0.717) is 0 Å². The lowest BCUT2D eigenvalue weighted by atomic mass is 11.2. The zero-order valence-electron chi connectivity index (χ0n) is 4.49. The van der Waals surface area contributed by atoms with E-state index in [-0.39, 0.29) is 0 Å². The molecule has 0 aliphatic rings. The van der Waals surface area contributed by atoms with Crippen LogP contribution in [0.2, 0.25) is 13.1 Å². The number of carbonyl (C=O) groups is 1.